The average Bonchev–Trinajstić information content (AvgIpc) is 3.28. The van der Waals surface area contributed by atoms with Crippen molar-refractivity contribution in [3.63, 3.8) is 0 Å². The van der Waals surface area contributed by atoms with E-state index in [9.17, 15) is 9.90 Å². The number of ether oxygens (including phenoxy) is 1. The lowest BCUT2D eigenvalue weighted by Gasteiger charge is -2.48. The van der Waals surface area contributed by atoms with Crippen LogP contribution in [0.2, 0.25) is 0 Å². The lowest BCUT2D eigenvalue weighted by atomic mass is 9.69. The van der Waals surface area contributed by atoms with Gasteiger partial charge in [-0.3, -0.25) is 0 Å². The third-order valence-electron chi connectivity index (χ3n) is 7.82. The first-order chi connectivity index (χ1) is 16.1. The van der Waals surface area contributed by atoms with Crippen LogP contribution in [0.25, 0.3) is 0 Å². The monoisotopic (exact) mass is 439 g/mol. The van der Waals surface area contributed by atoms with Gasteiger partial charge >= 0.3 is 0 Å². The van der Waals surface area contributed by atoms with Crippen molar-refractivity contribution in [2.45, 2.75) is 36.7 Å². The molecule has 2 saturated heterocycles. The SMILES string of the molecule is O=CC1COC2(C1)CN(c1ccc([C@@H]3c4ccc(O)cc4CC[C@@H]3c3ccccc3)cc1)C2. The van der Waals surface area contributed by atoms with Gasteiger partial charge in [-0.25, -0.2) is 0 Å². The van der Waals surface area contributed by atoms with Crippen molar-refractivity contribution < 1.29 is 14.6 Å². The molecular formula is C29H29NO3. The Balaban J connectivity index is 1.28. The Kier molecular flexibility index (Phi) is 4.99. The van der Waals surface area contributed by atoms with Crippen molar-refractivity contribution in [1.29, 1.82) is 0 Å². The molecule has 3 aromatic carbocycles. The molecule has 33 heavy (non-hydrogen) atoms. The van der Waals surface area contributed by atoms with Crippen LogP contribution in [-0.4, -0.2) is 36.7 Å². The van der Waals surface area contributed by atoms with Gasteiger partial charge in [0.15, 0.2) is 0 Å². The summed E-state index contributed by atoms with van der Waals surface area (Å²) in [5.74, 6) is 1.07. The summed E-state index contributed by atoms with van der Waals surface area (Å²) in [6.07, 6.45) is 3.93. The third-order valence-corrected chi connectivity index (χ3v) is 7.82. The highest BCUT2D eigenvalue weighted by atomic mass is 16.5. The van der Waals surface area contributed by atoms with Gasteiger partial charge in [-0.2, -0.15) is 0 Å². The van der Waals surface area contributed by atoms with Crippen molar-refractivity contribution in [3.05, 3.63) is 95.1 Å². The first-order valence-corrected chi connectivity index (χ1v) is 11.9. The molecule has 2 aliphatic heterocycles. The van der Waals surface area contributed by atoms with E-state index in [1.165, 1.54) is 27.9 Å². The minimum atomic E-state index is -0.132. The molecule has 6 rings (SSSR count). The third kappa shape index (κ3) is 3.63. The highest BCUT2D eigenvalue weighted by Gasteiger charge is 2.49. The van der Waals surface area contributed by atoms with E-state index in [0.29, 0.717) is 18.3 Å². The van der Waals surface area contributed by atoms with Crippen molar-refractivity contribution in [3.8, 4) is 5.75 Å². The molecule has 2 fully saturated rings. The topological polar surface area (TPSA) is 49.8 Å². The molecule has 4 heteroatoms. The molecule has 0 bridgehead atoms. The van der Waals surface area contributed by atoms with E-state index in [4.69, 9.17) is 4.74 Å². The smallest absolute Gasteiger partial charge is 0.125 e. The molecule has 3 aromatic rings. The van der Waals surface area contributed by atoms with Crippen LogP contribution < -0.4 is 4.90 Å². The number of nitrogens with zero attached hydrogens (tertiary/aromatic N) is 1. The zero-order valence-electron chi connectivity index (χ0n) is 18.7. The number of carbonyl (C=O) groups excluding carboxylic acids is 1. The number of phenols is 1. The zero-order valence-corrected chi connectivity index (χ0v) is 18.7. The second-order valence-electron chi connectivity index (χ2n) is 9.96. The summed E-state index contributed by atoms with van der Waals surface area (Å²) in [4.78, 5) is 13.4. The predicted molar refractivity (Wildman–Crippen MR) is 129 cm³/mol. The maximum absolute atomic E-state index is 11.1. The first-order valence-electron chi connectivity index (χ1n) is 11.9. The number of aldehydes is 1. The molecular weight excluding hydrogens is 410 g/mol. The summed E-state index contributed by atoms with van der Waals surface area (Å²) in [7, 11) is 0. The first kappa shape index (κ1) is 20.5. The highest BCUT2D eigenvalue weighted by Crippen LogP contribution is 2.47. The summed E-state index contributed by atoms with van der Waals surface area (Å²) < 4.78 is 5.97. The number of phenolic OH excluding ortho intramolecular Hbond substituents is 1. The van der Waals surface area contributed by atoms with E-state index in [-0.39, 0.29) is 17.4 Å². The molecule has 2 heterocycles. The van der Waals surface area contributed by atoms with Crippen LogP contribution in [0.1, 0.15) is 46.9 Å². The standard InChI is InChI=1S/C29H29NO3/c31-16-20-15-29(33-17-20)18-30(19-29)24-9-6-22(7-10-24)28-26(21-4-2-1-3-5-21)12-8-23-14-25(32)11-13-27(23)28/h1-7,9-11,13-14,16,20,26,28,32H,8,12,15,17-19H2/t20?,26-,28+/m1/s1. The molecule has 1 N–H and O–H groups in total. The molecule has 1 spiro atoms. The molecule has 1 unspecified atom stereocenters. The predicted octanol–water partition coefficient (Wildman–Crippen LogP) is 5.05. The minimum absolute atomic E-state index is 0.0512. The normalized spacial score (nSPS) is 25.5. The second kappa shape index (κ2) is 8.03. The Hall–Kier alpha value is -3.11. The number of rotatable bonds is 4. The summed E-state index contributed by atoms with van der Waals surface area (Å²) in [6, 6.07) is 25.7. The Morgan fingerprint density at radius 2 is 1.76 bits per heavy atom. The number of anilines is 1. The number of benzene rings is 3. The van der Waals surface area contributed by atoms with Gasteiger partial charge in [0.05, 0.1) is 6.61 Å². The molecule has 0 saturated carbocycles. The van der Waals surface area contributed by atoms with Crippen molar-refractivity contribution in [1.82, 2.24) is 0 Å². The number of fused-ring (bicyclic) bond motifs is 1. The molecule has 4 nitrogen and oxygen atoms in total. The fourth-order valence-electron chi connectivity index (χ4n) is 6.19. The molecule has 3 aliphatic rings. The van der Waals surface area contributed by atoms with Crippen molar-refractivity contribution >= 4 is 12.0 Å². The van der Waals surface area contributed by atoms with E-state index in [0.717, 1.165) is 38.6 Å². The van der Waals surface area contributed by atoms with Gasteiger partial charge < -0.3 is 19.5 Å². The highest BCUT2D eigenvalue weighted by molar-refractivity contribution is 5.57. The number of aromatic hydroxyl groups is 1. The summed E-state index contributed by atoms with van der Waals surface area (Å²) in [5.41, 5.74) is 6.34. The maximum atomic E-state index is 11.1. The molecule has 168 valence electrons. The van der Waals surface area contributed by atoms with Crippen LogP contribution in [0.5, 0.6) is 5.75 Å². The van der Waals surface area contributed by atoms with Gasteiger partial charge in [0.1, 0.15) is 17.6 Å². The summed E-state index contributed by atoms with van der Waals surface area (Å²) >= 11 is 0. The van der Waals surface area contributed by atoms with E-state index in [2.05, 4.69) is 65.6 Å². The van der Waals surface area contributed by atoms with E-state index < -0.39 is 0 Å². The summed E-state index contributed by atoms with van der Waals surface area (Å²) in [6.45, 7) is 2.28. The van der Waals surface area contributed by atoms with Gasteiger partial charge in [-0.15, -0.1) is 0 Å². The largest absolute Gasteiger partial charge is 0.508 e. The van der Waals surface area contributed by atoms with Crippen LogP contribution >= 0.6 is 0 Å². The Labute approximate surface area is 194 Å². The zero-order chi connectivity index (χ0) is 22.4. The molecule has 3 atom stereocenters. The van der Waals surface area contributed by atoms with Crippen LogP contribution in [0.3, 0.4) is 0 Å². The number of hydrogen-bond acceptors (Lipinski definition) is 4. The van der Waals surface area contributed by atoms with Crippen molar-refractivity contribution in [2.75, 3.05) is 24.6 Å². The molecule has 0 aromatic heterocycles. The van der Waals surface area contributed by atoms with Crippen LogP contribution in [-0.2, 0) is 16.0 Å². The molecule has 0 amide bonds. The van der Waals surface area contributed by atoms with Gasteiger partial charge in [0, 0.05) is 30.6 Å². The second-order valence-corrected chi connectivity index (χ2v) is 9.96. The van der Waals surface area contributed by atoms with Gasteiger partial charge in [0.2, 0.25) is 0 Å². The van der Waals surface area contributed by atoms with E-state index in [1.54, 1.807) is 0 Å². The number of carbonyl (C=O) groups is 1. The van der Waals surface area contributed by atoms with E-state index >= 15 is 0 Å². The average molecular weight is 440 g/mol. The minimum Gasteiger partial charge on any atom is -0.508 e. The number of aryl methyl sites for hydroxylation is 1. The van der Waals surface area contributed by atoms with Crippen LogP contribution in [0, 0.1) is 5.92 Å². The molecule has 1 aliphatic carbocycles. The van der Waals surface area contributed by atoms with Crippen molar-refractivity contribution in [2.24, 2.45) is 5.92 Å². The Morgan fingerprint density at radius 1 is 0.970 bits per heavy atom. The quantitative estimate of drug-likeness (QED) is 0.578. The Morgan fingerprint density at radius 3 is 2.48 bits per heavy atom. The lowest BCUT2D eigenvalue weighted by Crippen LogP contribution is -2.61. The van der Waals surface area contributed by atoms with Crippen LogP contribution in [0.15, 0.2) is 72.8 Å². The van der Waals surface area contributed by atoms with E-state index in [1.807, 2.05) is 12.1 Å². The van der Waals surface area contributed by atoms with Gasteiger partial charge in [-0.05, 0) is 71.7 Å². The van der Waals surface area contributed by atoms with Gasteiger partial charge in [0.25, 0.3) is 0 Å². The van der Waals surface area contributed by atoms with Gasteiger partial charge in [-0.1, -0.05) is 48.5 Å². The number of hydrogen-bond donors (Lipinski definition) is 1. The maximum Gasteiger partial charge on any atom is 0.125 e. The van der Waals surface area contributed by atoms with Crippen LogP contribution in [0.4, 0.5) is 5.69 Å². The fourth-order valence-corrected chi connectivity index (χ4v) is 6.19. The summed E-state index contributed by atoms with van der Waals surface area (Å²) in [5, 5.41) is 10.0. The fraction of sp³-hybridized carbons (Fsp3) is 0.345. The Bertz CT molecular complexity index is 1150. The lowest BCUT2D eigenvalue weighted by molar-refractivity contribution is -0.111. The molecule has 0 radical (unpaired) electrons.